The molecule has 0 spiro atoms. The summed E-state index contributed by atoms with van der Waals surface area (Å²) in [5.74, 6) is 0.106. The van der Waals surface area contributed by atoms with Gasteiger partial charge in [0.15, 0.2) is 3.95 Å². The standard InChI is InChI=1S/C13H20N2O2S2/c1-9-11(19-13(18)14-9)8-12(17)15(6-7-16)10-4-2-3-5-10/h10,16H,2-8H2,1H3,(H,14,18). The number of aryl methyl sites for hydroxylation is 1. The lowest BCUT2D eigenvalue weighted by atomic mass is 10.2. The van der Waals surface area contributed by atoms with Gasteiger partial charge in [-0.3, -0.25) is 4.79 Å². The van der Waals surface area contributed by atoms with E-state index in [1.807, 2.05) is 11.8 Å². The third kappa shape index (κ3) is 3.64. The molecule has 106 valence electrons. The number of hydrogen-bond donors (Lipinski definition) is 2. The summed E-state index contributed by atoms with van der Waals surface area (Å²) in [6, 6.07) is 0.312. The molecule has 1 aromatic rings. The number of aromatic amines is 1. The first-order valence-corrected chi connectivity index (χ1v) is 7.93. The van der Waals surface area contributed by atoms with Crippen molar-refractivity contribution in [3.63, 3.8) is 0 Å². The summed E-state index contributed by atoms with van der Waals surface area (Å²) in [6.07, 6.45) is 4.88. The SMILES string of the molecule is Cc1[nH]c(=S)sc1CC(=O)N(CCO)C1CCCC1. The van der Waals surface area contributed by atoms with E-state index in [0.29, 0.717) is 19.0 Å². The second-order valence-electron chi connectivity index (χ2n) is 4.99. The van der Waals surface area contributed by atoms with Crippen molar-refractivity contribution < 1.29 is 9.90 Å². The van der Waals surface area contributed by atoms with Gasteiger partial charge in [-0.1, -0.05) is 12.8 Å². The molecular formula is C13H20N2O2S2. The van der Waals surface area contributed by atoms with Gasteiger partial charge in [-0.05, 0) is 32.0 Å². The Morgan fingerprint density at radius 1 is 1.53 bits per heavy atom. The number of H-pyrrole nitrogens is 1. The van der Waals surface area contributed by atoms with Gasteiger partial charge in [-0.2, -0.15) is 0 Å². The van der Waals surface area contributed by atoms with Gasteiger partial charge in [0.2, 0.25) is 5.91 Å². The Kier molecular flexibility index (Phi) is 5.13. The Hall–Kier alpha value is -0.720. The molecule has 1 amide bonds. The molecule has 4 nitrogen and oxygen atoms in total. The van der Waals surface area contributed by atoms with Crippen LogP contribution in [0.15, 0.2) is 0 Å². The van der Waals surface area contributed by atoms with Gasteiger partial charge in [-0.25, -0.2) is 0 Å². The molecule has 1 aliphatic rings. The minimum absolute atomic E-state index is 0.0318. The van der Waals surface area contributed by atoms with E-state index < -0.39 is 0 Å². The van der Waals surface area contributed by atoms with E-state index in [4.69, 9.17) is 17.3 Å². The molecule has 0 bridgehead atoms. The zero-order valence-electron chi connectivity index (χ0n) is 11.1. The summed E-state index contributed by atoms with van der Waals surface area (Å²) < 4.78 is 0.717. The number of nitrogens with one attached hydrogen (secondary N) is 1. The smallest absolute Gasteiger partial charge is 0.228 e. The average Bonchev–Trinajstić information content (AvgIpc) is 2.97. The van der Waals surface area contributed by atoms with E-state index in [-0.39, 0.29) is 12.5 Å². The molecule has 1 saturated carbocycles. The molecule has 1 aromatic heterocycles. The van der Waals surface area contributed by atoms with E-state index in [2.05, 4.69) is 4.98 Å². The van der Waals surface area contributed by atoms with E-state index in [1.165, 1.54) is 24.2 Å². The Morgan fingerprint density at radius 2 is 2.21 bits per heavy atom. The highest BCUT2D eigenvalue weighted by molar-refractivity contribution is 7.73. The van der Waals surface area contributed by atoms with Gasteiger partial charge in [-0.15, -0.1) is 11.3 Å². The number of carbonyl (C=O) groups excluding carboxylic acids is 1. The third-order valence-electron chi connectivity index (χ3n) is 3.66. The predicted octanol–water partition coefficient (Wildman–Crippen LogP) is 2.42. The fraction of sp³-hybridized carbons (Fsp3) is 0.692. The van der Waals surface area contributed by atoms with Crippen molar-refractivity contribution in [3.8, 4) is 0 Å². The van der Waals surface area contributed by atoms with Crippen LogP contribution < -0.4 is 0 Å². The van der Waals surface area contributed by atoms with E-state index in [9.17, 15) is 4.79 Å². The molecule has 1 fully saturated rings. The zero-order chi connectivity index (χ0) is 13.8. The van der Waals surface area contributed by atoms with Crippen molar-refractivity contribution >= 4 is 29.5 Å². The monoisotopic (exact) mass is 300 g/mol. The Labute approximate surface area is 122 Å². The number of nitrogens with zero attached hydrogens (tertiary/aromatic N) is 1. The molecule has 6 heteroatoms. The first-order valence-electron chi connectivity index (χ1n) is 6.70. The van der Waals surface area contributed by atoms with Crippen molar-refractivity contribution in [1.29, 1.82) is 0 Å². The van der Waals surface area contributed by atoms with Gasteiger partial charge in [0.05, 0.1) is 13.0 Å². The van der Waals surface area contributed by atoms with Crippen molar-refractivity contribution in [2.75, 3.05) is 13.2 Å². The van der Waals surface area contributed by atoms with Gasteiger partial charge in [0.25, 0.3) is 0 Å². The molecule has 19 heavy (non-hydrogen) atoms. The number of amides is 1. The maximum atomic E-state index is 12.4. The number of carbonyl (C=O) groups is 1. The van der Waals surface area contributed by atoms with E-state index >= 15 is 0 Å². The fourth-order valence-electron chi connectivity index (χ4n) is 2.68. The molecule has 1 aliphatic carbocycles. The van der Waals surface area contributed by atoms with Crippen molar-refractivity contribution in [2.24, 2.45) is 0 Å². The van der Waals surface area contributed by atoms with Gasteiger partial charge >= 0.3 is 0 Å². The van der Waals surface area contributed by atoms with Gasteiger partial charge < -0.3 is 15.0 Å². The summed E-state index contributed by atoms with van der Waals surface area (Å²) in [5.41, 5.74) is 0.985. The van der Waals surface area contributed by atoms with Crippen LogP contribution in [0.25, 0.3) is 0 Å². The minimum atomic E-state index is 0.0318. The van der Waals surface area contributed by atoms with Crippen LogP contribution in [0.5, 0.6) is 0 Å². The number of rotatable bonds is 5. The van der Waals surface area contributed by atoms with Crippen LogP contribution in [0, 0.1) is 10.9 Å². The van der Waals surface area contributed by atoms with Crippen LogP contribution in [0.3, 0.4) is 0 Å². The van der Waals surface area contributed by atoms with E-state index in [0.717, 1.165) is 27.4 Å². The third-order valence-corrected chi connectivity index (χ3v) is 5.00. The quantitative estimate of drug-likeness (QED) is 0.821. The fourth-order valence-corrected chi connectivity index (χ4v) is 3.96. The summed E-state index contributed by atoms with van der Waals surface area (Å²) >= 11 is 6.57. The van der Waals surface area contributed by atoms with Crippen LogP contribution in [-0.4, -0.2) is 40.1 Å². The van der Waals surface area contributed by atoms with E-state index in [1.54, 1.807) is 0 Å². The molecule has 0 aromatic carbocycles. The molecule has 0 aliphatic heterocycles. The summed E-state index contributed by atoms with van der Waals surface area (Å²) in [5, 5.41) is 9.16. The highest BCUT2D eigenvalue weighted by Crippen LogP contribution is 2.25. The number of hydrogen-bond acceptors (Lipinski definition) is 4. The van der Waals surface area contributed by atoms with Crippen molar-refractivity contribution in [2.45, 2.75) is 45.1 Å². The normalized spacial score (nSPS) is 15.9. The van der Waals surface area contributed by atoms with Crippen LogP contribution in [0.2, 0.25) is 0 Å². The molecule has 0 saturated heterocycles. The highest BCUT2D eigenvalue weighted by atomic mass is 32.1. The van der Waals surface area contributed by atoms with Gasteiger partial charge in [0.1, 0.15) is 0 Å². The Morgan fingerprint density at radius 3 is 2.74 bits per heavy atom. The maximum Gasteiger partial charge on any atom is 0.228 e. The van der Waals surface area contributed by atoms with Crippen molar-refractivity contribution in [3.05, 3.63) is 14.5 Å². The maximum absolute atomic E-state index is 12.4. The molecule has 2 rings (SSSR count). The summed E-state index contributed by atoms with van der Waals surface area (Å²) in [7, 11) is 0. The molecule has 0 unspecified atom stereocenters. The molecule has 0 atom stereocenters. The Balaban J connectivity index is 2.06. The summed E-state index contributed by atoms with van der Waals surface area (Å²) in [4.78, 5) is 18.4. The largest absolute Gasteiger partial charge is 0.395 e. The zero-order valence-corrected chi connectivity index (χ0v) is 12.8. The number of aromatic nitrogens is 1. The average molecular weight is 300 g/mol. The predicted molar refractivity (Wildman–Crippen MR) is 79.0 cm³/mol. The molecule has 1 heterocycles. The molecule has 0 radical (unpaired) electrons. The summed E-state index contributed by atoms with van der Waals surface area (Å²) in [6.45, 7) is 2.42. The minimum Gasteiger partial charge on any atom is -0.395 e. The second-order valence-corrected chi connectivity index (χ2v) is 6.76. The van der Waals surface area contributed by atoms with Crippen LogP contribution in [0.4, 0.5) is 0 Å². The highest BCUT2D eigenvalue weighted by Gasteiger charge is 2.26. The van der Waals surface area contributed by atoms with Crippen LogP contribution in [-0.2, 0) is 11.2 Å². The topological polar surface area (TPSA) is 56.3 Å². The number of aliphatic hydroxyl groups excluding tert-OH is 1. The lowest BCUT2D eigenvalue weighted by molar-refractivity contribution is -0.133. The number of aliphatic hydroxyl groups is 1. The lowest BCUT2D eigenvalue weighted by Crippen LogP contribution is -2.41. The second kappa shape index (κ2) is 6.63. The van der Waals surface area contributed by atoms with Crippen LogP contribution >= 0.6 is 23.6 Å². The molecule has 2 N–H and O–H groups in total. The molecular weight excluding hydrogens is 280 g/mol. The van der Waals surface area contributed by atoms with Crippen molar-refractivity contribution in [1.82, 2.24) is 9.88 Å². The Bertz CT molecular complexity index is 489. The lowest BCUT2D eigenvalue weighted by Gasteiger charge is -2.28. The first-order chi connectivity index (χ1) is 9.11. The first kappa shape index (κ1) is 14.7. The number of thiazole rings is 1. The van der Waals surface area contributed by atoms with Gasteiger partial charge in [0, 0.05) is 23.2 Å². The van der Waals surface area contributed by atoms with Crippen LogP contribution in [0.1, 0.15) is 36.3 Å².